The number of hydrogen-bond donors (Lipinski definition) is 1. The Morgan fingerprint density at radius 2 is 1.94 bits per heavy atom. The summed E-state index contributed by atoms with van der Waals surface area (Å²) in [6, 6.07) is 3.12. The van der Waals surface area contributed by atoms with E-state index in [-0.39, 0.29) is 29.8 Å². The van der Waals surface area contributed by atoms with Gasteiger partial charge in [0.1, 0.15) is 5.82 Å². The molecule has 4 rings (SSSR count). The van der Waals surface area contributed by atoms with Crippen molar-refractivity contribution < 1.29 is 18.7 Å². The van der Waals surface area contributed by atoms with Gasteiger partial charge in [0.2, 0.25) is 11.8 Å². The molecule has 2 heterocycles. The Balaban J connectivity index is 1.33. The molecule has 1 aromatic rings. The van der Waals surface area contributed by atoms with Gasteiger partial charge in [-0.1, -0.05) is 12.8 Å². The van der Waals surface area contributed by atoms with Gasteiger partial charge in [0.05, 0.1) is 6.10 Å². The van der Waals surface area contributed by atoms with Crippen molar-refractivity contribution in [3.63, 3.8) is 0 Å². The van der Waals surface area contributed by atoms with Crippen LogP contribution in [0, 0.1) is 18.7 Å². The molecule has 1 N–H and O–H groups in total. The van der Waals surface area contributed by atoms with E-state index in [1.165, 1.54) is 6.07 Å². The number of halogens is 1. The normalized spacial score (nSPS) is 24.4. The fourth-order valence-electron chi connectivity index (χ4n) is 5.56. The van der Waals surface area contributed by atoms with Crippen LogP contribution in [0.4, 0.5) is 10.1 Å². The number of carbonyl (C=O) groups excluding carboxylic acids is 2. The van der Waals surface area contributed by atoms with Gasteiger partial charge in [-0.25, -0.2) is 4.39 Å². The van der Waals surface area contributed by atoms with Crippen molar-refractivity contribution in [2.75, 3.05) is 31.6 Å². The molecule has 2 saturated heterocycles. The third-order valence-corrected chi connectivity index (χ3v) is 7.56. The lowest BCUT2D eigenvalue weighted by Gasteiger charge is -2.41. The molecule has 33 heavy (non-hydrogen) atoms. The molecule has 6 nitrogen and oxygen atoms in total. The molecule has 0 aromatic heterocycles. The molecule has 0 radical (unpaired) electrons. The lowest BCUT2D eigenvalue weighted by Crippen LogP contribution is -2.54. The smallest absolute Gasteiger partial charge is 0.226 e. The topological polar surface area (TPSA) is 61.9 Å². The van der Waals surface area contributed by atoms with Crippen molar-refractivity contribution in [1.82, 2.24) is 9.80 Å². The van der Waals surface area contributed by atoms with Gasteiger partial charge in [0.15, 0.2) is 0 Å². The predicted molar refractivity (Wildman–Crippen MR) is 126 cm³/mol. The number of amides is 2. The molecular weight excluding hydrogens is 421 g/mol. The molecular formula is C26H38FN3O3. The fraction of sp³-hybridized carbons (Fsp3) is 0.692. The second kappa shape index (κ2) is 11.0. The first-order valence-electron chi connectivity index (χ1n) is 12.6. The van der Waals surface area contributed by atoms with E-state index in [1.807, 2.05) is 11.8 Å². The van der Waals surface area contributed by atoms with Crippen molar-refractivity contribution in [2.45, 2.75) is 83.9 Å². The van der Waals surface area contributed by atoms with E-state index >= 15 is 0 Å². The van der Waals surface area contributed by atoms with E-state index < -0.39 is 0 Å². The first-order chi connectivity index (χ1) is 15.9. The Morgan fingerprint density at radius 3 is 2.64 bits per heavy atom. The molecule has 3 fully saturated rings. The summed E-state index contributed by atoms with van der Waals surface area (Å²) in [5.41, 5.74) is 2.33. The lowest BCUT2D eigenvalue weighted by atomic mass is 10.0. The van der Waals surface area contributed by atoms with Crippen LogP contribution in [0.25, 0.3) is 0 Å². The molecule has 1 aromatic carbocycles. The Bertz CT molecular complexity index is 849. The quantitative estimate of drug-likeness (QED) is 0.662. The minimum atomic E-state index is -0.340. The van der Waals surface area contributed by atoms with Gasteiger partial charge in [-0.05, 0) is 69.2 Å². The summed E-state index contributed by atoms with van der Waals surface area (Å²) in [4.78, 5) is 29.6. The highest BCUT2D eigenvalue weighted by molar-refractivity contribution is 5.91. The predicted octanol–water partition coefficient (Wildman–Crippen LogP) is 4.25. The van der Waals surface area contributed by atoms with Crippen molar-refractivity contribution >= 4 is 17.5 Å². The van der Waals surface area contributed by atoms with Crippen molar-refractivity contribution in [2.24, 2.45) is 5.92 Å². The fourth-order valence-corrected chi connectivity index (χ4v) is 5.56. The number of ether oxygens (including phenoxy) is 1. The highest BCUT2D eigenvalue weighted by atomic mass is 19.1. The molecule has 182 valence electrons. The molecule has 2 aliphatic heterocycles. The Morgan fingerprint density at radius 1 is 1.15 bits per heavy atom. The van der Waals surface area contributed by atoms with E-state index in [2.05, 4.69) is 17.1 Å². The maximum Gasteiger partial charge on any atom is 0.226 e. The number of anilines is 1. The molecule has 1 saturated carbocycles. The van der Waals surface area contributed by atoms with Crippen LogP contribution in [0.3, 0.4) is 0 Å². The third-order valence-electron chi connectivity index (χ3n) is 7.56. The van der Waals surface area contributed by atoms with Gasteiger partial charge in [-0.15, -0.1) is 0 Å². The molecule has 0 bridgehead atoms. The van der Waals surface area contributed by atoms with Crippen molar-refractivity contribution in [1.29, 1.82) is 0 Å². The average Bonchev–Trinajstić information content (AvgIpc) is 3.49. The van der Waals surface area contributed by atoms with Crippen molar-refractivity contribution in [3.8, 4) is 0 Å². The van der Waals surface area contributed by atoms with E-state index in [9.17, 15) is 14.0 Å². The van der Waals surface area contributed by atoms with Crippen LogP contribution in [-0.2, 0) is 20.9 Å². The first-order valence-corrected chi connectivity index (χ1v) is 12.6. The number of rotatable bonds is 7. The van der Waals surface area contributed by atoms with Crippen LogP contribution in [0.15, 0.2) is 12.1 Å². The summed E-state index contributed by atoms with van der Waals surface area (Å²) in [7, 11) is 0. The highest BCUT2D eigenvalue weighted by Crippen LogP contribution is 2.29. The minimum absolute atomic E-state index is 0.0992. The maximum atomic E-state index is 14.4. The van der Waals surface area contributed by atoms with Gasteiger partial charge in [-0.3, -0.25) is 14.5 Å². The van der Waals surface area contributed by atoms with Crippen LogP contribution in [0.5, 0.6) is 0 Å². The number of nitrogens with zero attached hydrogens (tertiary/aromatic N) is 2. The third kappa shape index (κ3) is 6.12. The van der Waals surface area contributed by atoms with Gasteiger partial charge in [0.25, 0.3) is 0 Å². The van der Waals surface area contributed by atoms with Crippen LogP contribution < -0.4 is 5.32 Å². The van der Waals surface area contributed by atoms with E-state index in [4.69, 9.17) is 4.74 Å². The number of benzene rings is 1. The largest absolute Gasteiger partial charge is 0.378 e. The van der Waals surface area contributed by atoms with Crippen LogP contribution in [0.1, 0.15) is 69.4 Å². The highest BCUT2D eigenvalue weighted by Gasteiger charge is 2.33. The number of piperazine rings is 1. The van der Waals surface area contributed by atoms with Crippen LogP contribution in [-0.4, -0.2) is 60.0 Å². The molecule has 2 atom stereocenters. The second-order valence-electron chi connectivity index (χ2n) is 10.1. The molecule has 2 amide bonds. The molecule has 1 aliphatic carbocycles. The van der Waals surface area contributed by atoms with Crippen LogP contribution in [0.2, 0.25) is 0 Å². The summed E-state index contributed by atoms with van der Waals surface area (Å²) in [6.07, 6.45) is 7.69. The Hall–Kier alpha value is -1.99. The molecule has 3 aliphatic rings. The van der Waals surface area contributed by atoms with Gasteiger partial charge in [0, 0.05) is 56.9 Å². The van der Waals surface area contributed by atoms with Gasteiger partial charge < -0.3 is 15.0 Å². The van der Waals surface area contributed by atoms with E-state index in [0.29, 0.717) is 31.0 Å². The standard InChI is InChI=1S/C26H38FN3O3/c1-18-16-29(11-12-30(18)26(32)20-6-3-4-7-20)17-21-14-22(27)15-24(19(21)2)28-25(31)10-9-23-8-5-13-33-23/h14-15,18,20,23H,3-13,16-17H2,1-2H3,(H,28,31)/t18-,23?/m0/s1. The number of nitrogens with one attached hydrogen (secondary N) is 1. The lowest BCUT2D eigenvalue weighted by molar-refractivity contribution is -0.140. The van der Waals surface area contributed by atoms with E-state index in [0.717, 1.165) is 75.9 Å². The second-order valence-corrected chi connectivity index (χ2v) is 10.1. The van der Waals surface area contributed by atoms with Crippen molar-refractivity contribution in [3.05, 3.63) is 29.1 Å². The zero-order valence-electron chi connectivity index (χ0n) is 20.1. The molecule has 0 spiro atoms. The first kappa shape index (κ1) is 24.1. The van der Waals surface area contributed by atoms with Crippen LogP contribution >= 0.6 is 0 Å². The molecule has 7 heteroatoms. The maximum absolute atomic E-state index is 14.4. The zero-order valence-corrected chi connectivity index (χ0v) is 20.1. The summed E-state index contributed by atoms with van der Waals surface area (Å²) >= 11 is 0. The summed E-state index contributed by atoms with van der Waals surface area (Å²) < 4.78 is 20.0. The summed E-state index contributed by atoms with van der Waals surface area (Å²) in [6.45, 7) is 7.71. The number of hydrogen-bond acceptors (Lipinski definition) is 4. The zero-order chi connectivity index (χ0) is 23.4. The average molecular weight is 460 g/mol. The van der Waals surface area contributed by atoms with Gasteiger partial charge in [-0.2, -0.15) is 0 Å². The summed E-state index contributed by atoms with van der Waals surface area (Å²) in [5, 5.41) is 2.91. The number of carbonyl (C=O) groups is 2. The Labute approximate surface area is 196 Å². The van der Waals surface area contributed by atoms with E-state index in [1.54, 1.807) is 6.07 Å². The Kier molecular flexibility index (Phi) is 8.02. The SMILES string of the molecule is Cc1c(CN2CCN(C(=O)C3CCCC3)[C@@H](C)C2)cc(F)cc1NC(=O)CCC1CCCO1. The minimum Gasteiger partial charge on any atom is -0.378 e. The summed E-state index contributed by atoms with van der Waals surface area (Å²) in [5.74, 6) is 0.0800. The van der Waals surface area contributed by atoms with Gasteiger partial charge >= 0.3 is 0 Å². The monoisotopic (exact) mass is 459 g/mol. The molecule has 1 unspecified atom stereocenters.